The Morgan fingerprint density at radius 3 is 2.95 bits per heavy atom. The number of rotatable bonds is 3. The summed E-state index contributed by atoms with van der Waals surface area (Å²) in [5.41, 5.74) is 1.14. The van der Waals surface area contributed by atoms with Crippen LogP contribution in [0.4, 0.5) is 0 Å². The molecule has 1 amide bonds. The minimum atomic E-state index is -0.0115. The van der Waals surface area contributed by atoms with Gasteiger partial charge < -0.3 is 9.64 Å². The van der Waals surface area contributed by atoms with E-state index in [2.05, 4.69) is 15.2 Å². The summed E-state index contributed by atoms with van der Waals surface area (Å²) in [5.74, 6) is 1.23. The third-order valence-corrected chi connectivity index (χ3v) is 3.60. The molecule has 110 valence electrons. The Labute approximate surface area is 123 Å². The average Bonchev–Trinajstić information content (AvgIpc) is 2.93. The highest BCUT2D eigenvalue weighted by atomic mass is 16.5. The molecule has 3 rings (SSSR count). The van der Waals surface area contributed by atoms with E-state index in [9.17, 15) is 4.79 Å². The fourth-order valence-electron chi connectivity index (χ4n) is 2.58. The summed E-state index contributed by atoms with van der Waals surface area (Å²) >= 11 is 0. The highest BCUT2D eigenvalue weighted by molar-refractivity contribution is 5.78. The van der Waals surface area contributed by atoms with E-state index < -0.39 is 0 Å². The molecular weight excluding hydrogens is 268 g/mol. The van der Waals surface area contributed by atoms with E-state index >= 15 is 0 Å². The number of carbonyl (C=O) groups is 1. The molecule has 0 bridgehead atoms. The third kappa shape index (κ3) is 3.11. The zero-order valence-electron chi connectivity index (χ0n) is 12.0. The number of benzene rings is 1. The van der Waals surface area contributed by atoms with Crippen LogP contribution < -0.4 is 0 Å². The number of nitrogens with one attached hydrogen (secondary N) is 1. The summed E-state index contributed by atoms with van der Waals surface area (Å²) < 4.78 is 5.45. The van der Waals surface area contributed by atoms with Crippen molar-refractivity contribution in [2.24, 2.45) is 0 Å². The number of hydrogen-bond donors (Lipinski definition) is 1. The molecule has 2 aromatic rings. The number of ether oxygens (including phenoxy) is 1. The van der Waals surface area contributed by atoms with Gasteiger partial charge in [-0.15, -0.1) is 0 Å². The van der Waals surface area contributed by atoms with Gasteiger partial charge in [0, 0.05) is 0 Å². The summed E-state index contributed by atoms with van der Waals surface area (Å²) in [7, 11) is 0. The zero-order valence-corrected chi connectivity index (χ0v) is 12.0. The van der Waals surface area contributed by atoms with Crippen LogP contribution in [0.1, 0.15) is 29.7 Å². The van der Waals surface area contributed by atoms with E-state index in [1.165, 1.54) is 0 Å². The van der Waals surface area contributed by atoms with E-state index in [1.807, 2.05) is 37.3 Å². The maximum atomic E-state index is 12.5. The first kappa shape index (κ1) is 13.8. The van der Waals surface area contributed by atoms with Crippen molar-refractivity contribution in [2.75, 3.05) is 13.3 Å². The monoisotopic (exact) mass is 286 g/mol. The number of aromatic amines is 1. The number of hydrogen-bond acceptors (Lipinski definition) is 4. The van der Waals surface area contributed by atoms with Gasteiger partial charge in [0.25, 0.3) is 0 Å². The summed E-state index contributed by atoms with van der Waals surface area (Å²) in [4.78, 5) is 18.5. The van der Waals surface area contributed by atoms with Gasteiger partial charge in [0.1, 0.15) is 12.6 Å². The molecule has 0 aliphatic carbocycles. The molecule has 1 aliphatic heterocycles. The second-order valence-electron chi connectivity index (χ2n) is 5.13. The van der Waals surface area contributed by atoms with Crippen molar-refractivity contribution >= 4 is 5.91 Å². The number of amides is 1. The zero-order chi connectivity index (χ0) is 14.7. The van der Waals surface area contributed by atoms with Gasteiger partial charge in [0.15, 0.2) is 5.82 Å². The molecular formula is C15H18N4O2. The van der Waals surface area contributed by atoms with Gasteiger partial charge in [-0.2, -0.15) is 5.10 Å². The van der Waals surface area contributed by atoms with Crippen LogP contribution in [0.15, 0.2) is 30.3 Å². The molecule has 1 aromatic heterocycles. The van der Waals surface area contributed by atoms with Crippen LogP contribution >= 0.6 is 0 Å². The van der Waals surface area contributed by atoms with Crippen molar-refractivity contribution in [1.29, 1.82) is 0 Å². The van der Waals surface area contributed by atoms with Gasteiger partial charge in [-0.05, 0) is 18.9 Å². The fourth-order valence-corrected chi connectivity index (χ4v) is 2.58. The van der Waals surface area contributed by atoms with Gasteiger partial charge in [0.05, 0.1) is 19.1 Å². The van der Waals surface area contributed by atoms with Crippen LogP contribution in [0.5, 0.6) is 0 Å². The number of nitrogens with zero attached hydrogens (tertiary/aromatic N) is 3. The van der Waals surface area contributed by atoms with Gasteiger partial charge in [-0.3, -0.25) is 9.89 Å². The van der Waals surface area contributed by atoms with Crippen LogP contribution in [0.25, 0.3) is 0 Å². The molecule has 21 heavy (non-hydrogen) atoms. The predicted octanol–water partition coefficient (Wildman–Crippen LogP) is 1.60. The Kier molecular flexibility index (Phi) is 3.96. The normalized spacial score (nSPS) is 18.7. The predicted molar refractivity (Wildman–Crippen MR) is 76.3 cm³/mol. The van der Waals surface area contributed by atoms with E-state index in [-0.39, 0.29) is 18.4 Å². The Balaban J connectivity index is 1.76. The van der Waals surface area contributed by atoms with Crippen molar-refractivity contribution in [3.05, 3.63) is 47.5 Å². The van der Waals surface area contributed by atoms with Crippen molar-refractivity contribution in [1.82, 2.24) is 20.1 Å². The third-order valence-electron chi connectivity index (χ3n) is 3.60. The minimum absolute atomic E-state index is 0.0115. The van der Waals surface area contributed by atoms with Gasteiger partial charge in [-0.1, -0.05) is 30.3 Å². The molecule has 6 nitrogen and oxygen atoms in total. The Morgan fingerprint density at radius 2 is 2.24 bits per heavy atom. The van der Waals surface area contributed by atoms with Crippen LogP contribution in [-0.2, 0) is 16.0 Å². The summed E-state index contributed by atoms with van der Waals surface area (Å²) in [6, 6.07) is 10.1. The van der Waals surface area contributed by atoms with E-state index in [4.69, 9.17) is 4.74 Å². The van der Waals surface area contributed by atoms with Crippen LogP contribution in [0, 0.1) is 6.92 Å². The molecule has 1 aromatic carbocycles. The van der Waals surface area contributed by atoms with Crippen LogP contribution in [-0.4, -0.2) is 39.3 Å². The number of aryl methyl sites for hydroxylation is 1. The lowest BCUT2D eigenvalue weighted by atomic mass is 10.0. The Morgan fingerprint density at radius 1 is 1.43 bits per heavy atom. The van der Waals surface area contributed by atoms with Crippen molar-refractivity contribution < 1.29 is 9.53 Å². The quantitative estimate of drug-likeness (QED) is 0.930. The minimum Gasteiger partial charge on any atom is -0.361 e. The lowest BCUT2D eigenvalue weighted by molar-refractivity contribution is -0.146. The summed E-state index contributed by atoms with van der Waals surface area (Å²) in [6.45, 7) is 2.81. The van der Waals surface area contributed by atoms with Gasteiger partial charge in [0.2, 0.25) is 5.91 Å². The smallest absolute Gasteiger partial charge is 0.232 e. The van der Waals surface area contributed by atoms with Crippen LogP contribution in [0.2, 0.25) is 0 Å². The summed E-state index contributed by atoms with van der Waals surface area (Å²) in [6.07, 6.45) is 1.000. The molecule has 0 spiro atoms. The highest BCUT2D eigenvalue weighted by Gasteiger charge is 2.28. The molecule has 1 unspecified atom stereocenters. The first-order valence-electron chi connectivity index (χ1n) is 7.04. The highest BCUT2D eigenvalue weighted by Crippen LogP contribution is 2.27. The van der Waals surface area contributed by atoms with Gasteiger partial charge in [-0.25, -0.2) is 4.98 Å². The largest absolute Gasteiger partial charge is 0.361 e. The van der Waals surface area contributed by atoms with Crippen molar-refractivity contribution in [3.8, 4) is 0 Å². The molecule has 1 saturated heterocycles. The first-order chi connectivity index (χ1) is 10.2. The molecule has 1 fully saturated rings. The number of carbonyl (C=O) groups excluding carboxylic acids is 1. The standard InChI is InChI=1S/C15H18N4O2/c1-11-16-14(18-17-11)9-15(20)19-10-21-8-7-13(19)12-5-3-2-4-6-12/h2-6,13H,7-10H2,1H3,(H,16,17,18). The van der Waals surface area contributed by atoms with E-state index in [0.29, 0.717) is 25.0 Å². The molecule has 0 saturated carbocycles. The topological polar surface area (TPSA) is 71.1 Å². The SMILES string of the molecule is Cc1nc(CC(=O)N2COCCC2c2ccccc2)n[nH]1. The first-order valence-corrected chi connectivity index (χ1v) is 7.04. The average molecular weight is 286 g/mol. The molecule has 2 heterocycles. The second kappa shape index (κ2) is 6.05. The fraction of sp³-hybridized carbons (Fsp3) is 0.400. The molecule has 1 atom stereocenters. The van der Waals surface area contributed by atoms with E-state index in [1.54, 1.807) is 4.90 Å². The van der Waals surface area contributed by atoms with E-state index in [0.717, 1.165) is 12.0 Å². The molecule has 6 heteroatoms. The van der Waals surface area contributed by atoms with Crippen LogP contribution in [0.3, 0.4) is 0 Å². The summed E-state index contributed by atoms with van der Waals surface area (Å²) in [5, 5.41) is 6.78. The Bertz CT molecular complexity index is 611. The Hall–Kier alpha value is -2.21. The maximum absolute atomic E-state index is 12.5. The van der Waals surface area contributed by atoms with Crippen molar-refractivity contribution in [3.63, 3.8) is 0 Å². The van der Waals surface area contributed by atoms with Gasteiger partial charge >= 0.3 is 0 Å². The molecule has 0 radical (unpaired) electrons. The molecule has 1 N–H and O–H groups in total. The molecule has 1 aliphatic rings. The maximum Gasteiger partial charge on any atom is 0.232 e. The second-order valence-corrected chi connectivity index (χ2v) is 5.13. The lowest BCUT2D eigenvalue weighted by Gasteiger charge is -2.35. The lowest BCUT2D eigenvalue weighted by Crippen LogP contribution is -2.41. The number of aromatic nitrogens is 3. The number of H-pyrrole nitrogens is 1. The van der Waals surface area contributed by atoms with Crippen molar-refractivity contribution in [2.45, 2.75) is 25.8 Å².